The third-order valence-corrected chi connectivity index (χ3v) is 1.87. The zero-order valence-electron chi connectivity index (χ0n) is 6.07. The monoisotopic (exact) mass is 165 g/mol. The Kier molecular flexibility index (Phi) is 2.70. The van der Waals surface area contributed by atoms with Gasteiger partial charge >= 0.3 is 0 Å². The van der Waals surface area contributed by atoms with Gasteiger partial charge in [0.2, 0.25) is 0 Å². The van der Waals surface area contributed by atoms with Crippen LogP contribution in [0.4, 0.5) is 0 Å². The number of hydrogen-bond acceptors (Lipinski definition) is 3. The van der Waals surface area contributed by atoms with Crippen molar-refractivity contribution in [2.75, 3.05) is 7.11 Å². The minimum atomic E-state index is 0.564. The van der Waals surface area contributed by atoms with Crippen molar-refractivity contribution in [3.05, 3.63) is 28.7 Å². The van der Waals surface area contributed by atoms with E-state index in [0.29, 0.717) is 5.57 Å². The summed E-state index contributed by atoms with van der Waals surface area (Å²) in [7, 11) is 1.53. The normalized spacial score (nSPS) is 10.7. The molecule has 1 aromatic heterocycles. The van der Waals surface area contributed by atoms with E-state index in [1.165, 1.54) is 13.4 Å². The standard InChI is InChI=1S/C8H7NOS/c1-10-5-8(4-9)7-2-3-11-6-7/h2-3,5-6H,1H3/b8-5+. The van der Waals surface area contributed by atoms with Crippen LogP contribution in [-0.4, -0.2) is 7.11 Å². The van der Waals surface area contributed by atoms with Crippen LogP contribution in [-0.2, 0) is 4.74 Å². The smallest absolute Gasteiger partial charge is 0.103 e. The van der Waals surface area contributed by atoms with Crippen molar-refractivity contribution in [1.29, 1.82) is 5.26 Å². The van der Waals surface area contributed by atoms with Crippen LogP contribution >= 0.6 is 11.3 Å². The molecule has 0 atom stereocenters. The Morgan fingerprint density at radius 1 is 1.82 bits per heavy atom. The molecule has 0 unspecified atom stereocenters. The van der Waals surface area contributed by atoms with Crippen molar-refractivity contribution in [2.45, 2.75) is 0 Å². The average molecular weight is 165 g/mol. The second-order valence-electron chi connectivity index (χ2n) is 1.89. The first-order chi connectivity index (χ1) is 5.38. The van der Waals surface area contributed by atoms with Gasteiger partial charge < -0.3 is 4.74 Å². The lowest BCUT2D eigenvalue weighted by molar-refractivity contribution is 0.340. The molecule has 1 rings (SSSR count). The maximum Gasteiger partial charge on any atom is 0.103 e. The molecule has 1 heterocycles. The molecule has 1 aromatic rings. The molecule has 0 aliphatic rings. The van der Waals surface area contributed by atoms with Crippen LogP contribution in [0.1, 0.15) is 5.56 Å². The van der Waals surface area contributed by atoms with Crippen LogP contribution < -0.4 is 0 Å². The molecular formula is C8H7NOS. The molecule has 0 N–H and O–H groups in total. The summed E-state index contributed by atoms with van der Waals surface area (Å²) in [6.45, 7) is 0. The molecule has 0 saturated carbocycles. The van der Waals surface area contributed by atoms with Gasteiger partial charge in [0.05, 0.1) is 12.7 Å². The van der Waals surface area contributed by atoms with Gasteiger partial charge in [-0.3, -0.25) is 0 Å². The highest BCUT2D eigenvalue weighted by molar-refractivity contribution is 7.08. The third kappa shape index (κ3) is 1.82. The predicted molar refractivity (Wildman–Crippen MR) is 44.9 cm³/mol. The van der Waals surface area contributed by atoms with Crippen LogP contribution in [0.25, 0.3) is 5.57 Å². The molecule has 0 fully saturated rings. The molecule has 0 aliphatic heterocycles. The van der Waals surface area contributed by atoms with Gasteiger partial charge in [0.25, 0.3) is 0 Å². The van der Waals surface area contributed by atoms with Gasteiger partial charge in [0, 0.05) is 5.56 Å². The van der Waals surface area contributed by atoms with E-state index >= 15 is 0 Å². The van der Waals surface area contributed by atoms with Gasteiger partial charge in [0.15, 0.2) is 0 Å². The summed E-state index contributed by atoms with van der Waals surface area (Å²) in [5.74, 6) is 0. The molecule has 0 aromatic carbocycles. The topological polar surface area (TPSA) is 33.0 Å². The summed E-state index contributed by atoms with van der Waals surface area (Å²) >= 11 is 1.56. The second-order valence-corrected chi connectivity index (χ2v) is 2.67. The Bertz CT molecular complexity index is 282. The van der Waals surface area contributed by atoms with Gasteiger partial charge in [-0.1, -0.05) is 0 Å². The Labute approximate surface area is 69.3 Å². The average Bonchev–Trinajstić information content (AvgIpc) is 2.52. The van der Waals surface area contributed by atoms with Crippen molar-refractivity contribution in [3.8, 4) is 6.07 Å². The summed E-state index contributed by atoms with van der Waals surface area (Å²) < 4.78 is 4.74. The Morgan fingerprint density at radius 2 is 2.64 bits per heavy atom. The van der Waals surface area contributed by atoms with E-state index in [1.54, 1.807) is 11.3 Å². The molecule has 2 nitrogen and oxygen atoms in total. The third-order valence-electron chi connectivity index (χ3n) is 1.19. The SMILES string of the molecule is CO/C=C(\C#N)c1ccsc1. The molecular weight excluding hydrogens is 158 g/mol. The van der Waals surface area contributed by atoms with Crippen molar-refractivity contribution < 1.29 is 4.74 Å². The van der Waals surface area contributed by atoms with Crippen LogP contribution in [0, 0.1) is 11.3 Å². The fourth-order valence-corrected chi connectivity index (χ4v) is 1.35. The van der Waals surface area contributed by atoms with Gasteiger partial charge in [-0.05, 0) is 16.8 Å². The Hall–Kier alpha value is -1.27. The predicted octanol–water partition coefficient (Wildman–Crippen LogP) is 2.26. The number of allylic oxidation sites excluding steroid dienone is 1. The minimum absolute atomic E-state index is 0.564. The van der Waals surface area contributed by atoms with Crippen molar-refractivity contribution in [3.63, 3.8) is 0 Å². The van der Waals surface area contributed by atoms with E-state index in [-0.39, 0.29) is 0 Å². The molecule has 0 spiro atoms. The van der Waals surface area contributed by atoms with Crippen LogP contribution in [0.5, 0.6) is 0 Å². The van der Waals surface area contributed by atoms with Gasteiger partial charge in [-0.2, -0.15) is 16.6 Å². The maximum absolute atomic E-state index is 8.64. The quantitative estimate of drug-likeness (QED) is 0.497. The van der Waals surface area contributed by atoms with E-state index in [4.69, 9.17) is 10.00 Å². The van der Waals surface area contributed by atoms with Crippen LogP contribution in [0.15, 0.2) is 23.1 Å². The number of thiophene rings is 1. The number of hydrogen-bond donors (Lipinski definition) is 0. The van der Waals surface area contributed by atoms with E-state index < -0.39 is 0 Å². The highest BCUT2D eigenvalue weighted by Crippen LogP contribution is 2.16. The number of nitriles is 1. The summed E-state index contributed by atoms with van der Waals surface area (Å²) in [6.07, 6.45) is 1.45. The molecule has 11 heavy (non-hydrogen) atoms. The highest BCUT2D eigenvalue weighted by atomic mass is 32.1. The maximum atomic E-state index is 8.64. The molecule has 0 amide bonds. The minimum Gasteiger partial charge on any atom is -0.503 e. The number of rotatable bonds is 2. The number of nitrogens with zero attached hydrogens (tertiary/aromatic N) is 1. The molecule has 56 valence electrons. The summed E-state index contributed by atoms with van der Waals surface area (Å²) in [5, 5.41) is 12.5. The Morgan fingerprint density at radius 3 is 3.09 bits per heavy atom. The summed E-state index contributed by atoms with van der Waals surface area (Å²) in [4.78, 5) is 0. The summed E-state index contributed by atoms with van der Waals surface area (Å²) in [6, 6.07) is 3.94. The Balaban J connectivity index is 2.91. The van der Waals surface area contributed by atoms with E-state index in [1.807, 2.05) is 22.9 Å². The van der Waals surface area contributed by atoms with Gasteiger partial charge in [-0.15, -0.1) is 0 Å². The zero-order valence-corrected chi connectivity index (χ0v) is 6.89. The number of methoxy groups -OCH3 is 1. The van der Waals surface area contributed by atoms with Gasteiger partial charge in [0.1, 0.15) is 12.3 Å². The molecule has 0 bridgehead atoms. The first kappa shape index (κ1) is 7.83. The van der Waals surface area contributed by atoms with E-state index in [0.717, 1.165) is 5.56 Å². The lowest BCUT2D eigenvalue weighted by Crippen LogP contribution is -1.77. The van der Waals surface area contributed by atoms with Crippen LogP contribution in [0.3, 0.4) is 0 Å². The molecule has 3 heteroatoms. The molecule has 0 radical (unpaired) electrons. The van der Waals surface area contributed by atoms with Crippen molar-refractivity contribution in [2.24, 2.45) is 0 Å². The van der Waals surface area contributed by atoms with E-state index in [9.17, 15) is 0 Å². The van der Waals surface area contributed by atoms with Crippen molar-refractivity contribution in [1.82, 2.24) is 0 Å². The fraction of sp³-hybridized carbons (Fsp3) is 0.125. The van der Waals surface area contributed by atoms with Crippen LogP contribution in [0.2, 0.25) is 0 Å². The number of ether oxygens (including phenoxy) is 1. The van der Waals surface area contributed by atoms with Gasteiger partial charge in [-0.25, -0.2) is 0 Å². The first-order valence-electron chi connectivity index (χ1n) is 3.04. The van der Waals surface area contributed by atoms with Crippen molar-refractivity contribution >= 4 is 16.9 Å². The fourth-order valence-electron chi connectivity index (χ4n) is 0.695. The lowest BCUT2D eigenvalue weighted by atomic mass is 10.2. The first-order valence-corrected chi connectivity index (χ1v) is 3.98. The highest BCUT2D eigenvalue weighted by Gasteiger charge is 1.99. The molecule has 0 saturated heterocycles. The molecule has 0 aliphatic carbocycles. The largest absolute Gasteiger partial charge is 0.503 e. The summed E-state index contributed by atoms with van der Waals surface area (Å²) in [5.41, 5.74) is 1.48. The second kappa shape index (κ2) is 3.79. The lowest BCUT2D eigenvalue weighted by Gasteiger charge is -1.91. The van der Waals surface area contributed by atoms with E-state index in [2.05, 4.69) is 0 Å². The zero-order chi connectivity index (χ0) is 8.10.